The maximum absolute atomic E-state index is 12.1. The smallest absolute Gasteiger partial charge is 0.233 e. The van der Waals surface area contributed by atoms with Crippen LogP contribution in [0.15, 0.2) is 0 Å². The Morgan fingerprint density at radius 2 is 1.89 bits per heavy atom. The average molecular weight is 275 g/mol. The lowest BCUT2D eigenvalue weighted by Crippen LogP contribution is -2.41. The fourth-order valence-corrected chi connectivity index (χ4v) is 3.03. The van der Waals surface area contributed by atoms with E-state index in [1.54, 1.807) is 18.7 Å². The number of thioether (sulfide) groups is 1. The van der Waals surface area contributed by atoms with Gasteiger partial charge in [0.15, 0.2) is 0 Å². The first-order chi connectivity index (χ1) is 8.19. The van der Waals surface area contributed by atoms with Crippen LogP contribution in [0, 0.1) is 11.3 Å². The summed E-state index contributed by atoms with van der Waals surface area (Å²) in [5, 5.41) is 12.5. The summed E-state index contributed by atoms with van der Waals surface area (Å²) in [6.45, 7) is 12.8. The molecule has 18 heavy (non-hydrogen) atoms. The van der Waals surface area contributed by atoms with E-state index in [4.69, 9.17) is 0 Å². The molecule has 0 heterocycles. The first kappa shape index (κ1) is 17.8. The second-order valence-electron chi connectivity index (χ2n) is 6.06. The molecule has 0 aromatic heterocycles. The number of carbonyl (C=O) groups excluding carboxylic acids is 1. The molecule has 0 aliphatic carbocycles. The monoisotopic (exact) mass is 275 g/mol. The fraction of sp³-hybridized carbons (Fsp3) is 0.929. The highest BCUT2D eigenvalue weighted by Gasteiger charge is 2.25. The van der Waals surface area contributed by atoms with E-state index in [0.717, 1.165) is 5.75 Å². The molecule has 0 fully saturated rings. The number of rotatable bonds is 8. The predicted molar refractivity (Wildman–Crippen MR) is 79.8 cm³/mol. The molecule has 2 unspecified atom stereocenters. The molecule has 0 saturated heterocycles. The maximum atomic E-state index is 12.1. The lowest BCUT2D eigenvalue weighted by atomic mass is 9.87. The zero-order chi connectivity index (χ0) is 14.3. The van der Waals surface area contributed by atoms with Gasteiger partial charge in [-0.3, -0.25) is 4.79 Å². The number of hydrogen-bond donors (Lipinski definition) is 2. The van der Waals surface area contributed by atoms with Crippen molar-refractivity contribution in [2.45, 2.75) is 59.3 Å². The Balaban J connectivity index is 4.30. The second-order valence-corrected chi connectivity index (χ2v) is 7.47. The molecule has 0 aliphatic rings. The molecule has 0 radical (unpaired) electrons. The summed E-state index contributed by atoms with van der Waals surface area (Å²) in [5.74, 6) is 1.42. The van der Waals surface area contributed by atoms with Crippen LogP contribution in [0.2, 0.25) is 0 Å². The van der Waals surface area contributed by atoms with Crippen molar-refractivity contribution < 1.29 is 9.90 Å². The maximum Gasteiger partial charge on any atom is 0.233 e. The van der Waals surface area contributed by atoms with Crippen LogP contribution in [-0.2, 0) is 4.79 Å². The van der Waals surface area contributed by atoms with Gasteiger partial charge in [0.25, 0.3) is 0 Å². The van der Waals surface area contributed by atoms with E-state index in [0.29, 0.717) is 18.9 Å². The summed E-state index contributed by atoms with van der Waals surface area (Å²) < 4.78 is 0. The van der Waals surface area contributed by atoms with Gasteiger partial charge < -0.3 is 10.4 Å². The molecule has 0 aromatic rings. The van der Waals surface area contributed by atoms with Crippen molar-refractivity contribution in [3.8, 4) is 0 Å². The lowest BCUT2D eigenvalue weighted by Gasteiger charge is -2.28. The highest BCUT2D eigenvalue weighted by molar-refractivity contribution is 8.00. The van der Waals surface area contributed by atoms with Gasteiger partial charge in [-0.15, -0.1) is 11.8 Å². The Labute approximate surface area is 116 Å². The number of nitrogens with one attached hydrogen (secondary N) is 1. The number of aliphatic hydroxyl groups excluding tert-OH is 1. The van der Waals surface area contributed by atoms with E-state index in [1.807, 2.05) is 0 Å². The van der Waals surface area contributed by atoms with Crippen molar-refractivity contribution in [3.05, 3.63) is 0 Å². The van der Waals surface area contributed by atoms with E-state index in [1.165, 1.54) is 0 Å². The van der Waals surface area contributed by atoms with Gasteiger partial charge in [-0.05, 0) is 30.4 Å². The summed E-state index contributed by atoms with van der Waals surface area (Å²) >= 11 is 1.70. The standard InChI is InChI=1S/C14H29NO2S/c1-7-18-12(10(2)3)13(17)15-9-14(5,6)8-11(4)16/h10-12,16H,7-9H2,1-6H3,(H,15,17). The normalized spacial score (nSPS) is 15.6. The summed E-state index contributed by atoms with van der Waals surface area (Å²) in [4.78, 5) is 12.1. The molecule has 108 valence electrons. The third-order valence-electron chi connectivity index (χ3n) is 2.80. The molecule has 0 saturated carbocycles. The molecule has 1 amide bonds. The van der Waals surface area contributed by atoms with Crippen LogP contribution in [0.5, 0.6) is 0 Å². The Hall–Kier alpha value is -0.220. The van der Waals surface area contributed by atoms with Gasteiger partial charge in [-0.2, -0.15) is 0 Å². The quantitative estimate of drug-likeness (QED) is 0.716. The van der Waals surface area contributed by atoms with Crippen LogP contribution in [0.3, 0.4) is 0 Å². The van der Waals surface area contributed by atoms with Crippen LogP contribution in [-0.4, -0.2) is 34.7 Å². The SMILES string of the molecule is CCSC(C(=O)NCC(C)(C)CC(C)O)C(C)C. The molecule has 2 N–H and O–H groups in total. The van der Waals surface area contributed by atoms with Gasteiger partial charge in [-0.25, -0.2) is 0 Å². The molecule has 0 spiro atoms. The van der Waals surface area contributed by atoms with Crippen molar-refractivity contribution in [1.29, 1.82) is 0 Å². The Morgan fingerprint density at radius 1 is 1.33 bits per heavy atom. The van der Waals surface area contributed by atoms with Gasteiger partial charge in [0, 0.05) is 6.54 Å². The van der Waals surface area contributed by atoms with Crippen molar-refractivity contribution in [2.24, 2.45) is 11.3 Å². The minimum Gasteiger partial charge on any atom is -0.393 e. The average Bonchev–Trinajstić information content (AvgIpc) is 2.20. The predicted octanol–water partition coefficient (Wildman–Crippen LogP) is 2.68. The van der Waals surface area contributed by atoms with Crippen molar-refractivity contribution in [3.63, 3.8) is 0 Å². The molecule has 3 nitrogen and oxygen atoms in total. The van der Waals surface area contributed by atoms with Crippen LogP contribution in [0.1, 0.15) is 48.0 Å². The minimum atomic E-state index is -0.331. The van der Waals surface area contributed by atoms with E-state index in [9.17, 15) is 9.90 Å². The zero-order valence-corrected chi connectivity index (χ0v) is 13.4. The van der Waals surface area contributed by atoms with Gasteiger partial charge in [-0.1, -0.05) is 34.6 Å². The van der Waals surface area contributed by atoms with Crippen molar-refractivity contribution in [2.75, 3.05) is 12.3 Å². The van der Waals surface area contributed by atoms with E-state index < -0.39 is 0 Å². The minimum absolute atomic E-state index is 0.0253. The molecule has 2 atom stereocenters. The van der Waals surface area contributed by atoms with Crippen LogP contribution in [0.4, 0.5) is 0 Å². The number of aliphatic hydroxyl groups is 1. The summed E-state index contributed by atoms with van der Waals surface area (Å²) in [5.41, 5.74) is -0.0672. The number of carbonyl (C=O) groups is 1. The molecular weight excluding hydrogens is 246 g/mol. The summed E-state index contributed by atoms with van der Waals surface area (Å²) in [7, 11) is 0. The highest BCUT2D eigenvalue weighted by Crippen LogP contribution is 2.23. The van der Waals surface area contributed by atoms with Crippen LogP contribution in [0.25, 0.3) is 0 Å². The van der Waals surface area contributed by atoms with Crippen molar-refractivity contribution in [1.82, 2.24) is 5.32 Å². The van der Waals surface area contributed by atoms with E-state index in [2.05, 4.69) is 39.9 Å². The zero-order valence-electron chi connectivity index (χ0n) is 12.6. The van der Waals surface area contributed by atoms with Crippen LogP contribution >= 0.6 is 11.8 Å². The molecule has 0 rings (SSSR count). The molecule has 4 heteroatoms. The lowest BCUT2D eigenvalue weighted by molar-refractivity contribution is -0.121. The Bertz CT molecular complexity index is 252. The van der Waals surface area contributed by atoms with Crippen molar-refractivity contribution >= 4 is 17.7 Å². The summed E-state index contributed by atoms with van der Waals surface area (Å²) in [6, 6.07) is 0. The Morgan fingerprint density at radius 3 is 2.28 bits per heavy atom. The first-order valence-corrected chi connectivity index (χ1v) is 7.82. The van der Waals surface area contributed by atoms with Gasteiger partial charge in [0.2, 0.25) is 5.91 Å². The number of hydrogen-bond acceptors (Lipinski definition) is 3. The van der Waals surface area contributed by atoms with Gasteiger partial charge >= 0.3 is 0 Å². The van der Waals surface area contributed by atoms with Crippen LogP contribution < -0.4 is 5.32 Å². The number of amides is 1. The Kier molecular flexibility index (Phi) is 7.95. The molecule has 0 aliphatic heterocycles. The molecular formula is C14H29NO2S. The topological polar surface area (TPSA) is 49.3 Å². The molecule has 0 aromatic carbocycles. The van der Waals surface area contributed by atoms with E-state index >= 15 is 0 Å². The van der Waals surface area contributed by atoms with Gasteiger partial charge in [0.1, 0.15) is 0 Å². The largest absolute Gasteiger partial charge is 0.393 e. The first-order valence-electron chi connectivity index (χ1n) is 6.77. The van der Waals surface area contributed by atoms with E-state index in [-0.39, 0.29) is 22.7 Å². The third-order valence-corrected chi connectivity index (χ3v) is 4.25. The summed E-state index contributed by atoms with van der Waals surface area (Å²) in [6.07, 6.45) is 0.364. The second kappa shape index (κ2) is 8.05. The fourth-order valence-electron chi connectivity index (χ4n) is 2.05. The third kappa shape index (κ3) is 7.27. The van der Waals surface area contributed by atoms with Gasteiger partial charge in [0.05, 0.1) is 11.4 Å². The molecule has 0 bridgehead atoms. The highest BCUT2D eigenvalue weighted by atomic mass is 32.2.